The first-order valence-corrected chi connectivity index (χ1v) is 7.40. The molecule has 0 aliphatic carbocycles. The fraction of sp³-hybridized carbons (Fsp3) is 0.375. The van der Waals surface area contributed by atoms with Gasteiger partial charge < -0.3 is 10.4 Å². The summed E-state index contributed by atoms with van der Waals surface area (Å²) in [7, 11) is 0. The third kappa shape index (κ3) is 3.93. The van der Waals surface area contributed by atoms with Crippen molar-refractivity contribution in [2.45, 2.75) is 33.3 Å². The van der Waals surface area contributed by atoms with Gasteiger partial charge >= 0.3 is 0 Å². The number of nitrogens with zero attached hydrogens (tertiary/aromatic N) is 2. The topological polar surface area (TPSA) is 58.0 Å². The Hall–Kier alpha value is -1.65. The molecule has 2 aromatic rings. The third-order valence-electron chi connectivity index (χ3n) is 3.31. The average molecular weight is 306 g/mol. The lowest BCUT2D eigenvalue weighted by Crippen LogP contribution is -2.15. The van der Waals surface area contributed by atoms with Crippen LogP contribution in [0.1, 0.15) is 35.5 Å². The third-order valence-corrected chi connectivity index (χ3v) is 3.62. The number of aromatic nitrogens is 2. The summed E-state index contributed by atoms with van der Waals surface area (Å²) in [6.07, 6.45) is 0.144. The van der Waals surface area contributed by atoms with Gasteiger partial charge in [0.25, 0.3) is 0 Å². The number of aryl methyl sites for hydroxylation is 2. The molecule has 5 heteroatoms. The van der Waals surface area contributed by atoms with Crippen LogP contribution in [0.5, 0.6) is 0 Å². The molecule has 2 rings (SSSR count). The molecule has 1 unspecified atom stereocenters. The van der Waals surface area contributed by atoms with Gasteiger partial charge in [0.15, 0.2) is 0 Å². The van der Waals surface area contributed by atoms with Crippen molar-refractivity contribution in [2.24, 2.45) is 0 Å². The highest BCUT2D eigenvalue weighted by Crippen LogP contribution is 2.23. The van der Waals surface area contributed by atoms with E-state index in [0.29, 0.717) is 23.3 Å². The highest BCUT2D eigenvalue weighted by molar-refractivity contribution is 6.30. The van der Waals surface area contributed by atoms with Gasteiger partial charge in [-0.15, -0.1) is 0 Å². The number of anilines is 1. The molecular weight excluding hydrogens is 286 g/mol. The van der Waals surface area contributed by atoms with Crippen LogP contribution in [0.25, 0.3) is 0 Å². The quantitative estimate of drug-likeness (QED) is 0.831. The summed E-state index contributed by atoms with van der Waals surface area (Å²) in [4.78, 5) is 8.52. The molecule has 2 N–H and O–H groups in total. The fourth-order valence-electron chi connectivity index (χ4n) is 2.21. The summed E-state index contributed by atoms with van der Waals surface area (Å²) in [5.41, 5.74) is 2.89. The van der Waals surface area contributed by atoms with E-state index in [1.54, 1.807) is 6.92 Å². The summed E-state index contributed by atoms with van der Waals surface area (Å²) in [5.74, 6) is 1.31. The lowest BCUT2D eigenvalue weighted by molar-refractivity contribution is 0.191. The SMILES string of the molecule is CCc1c(Cl)nc(C)nc1NCC(O)c1cccc(C)c1. The molecule has 1 aromatic carbocycles. The van der Waals surface area contributed by atoms with Gasteiger partial charge in [0, 0.05) is 12.1 Å². The largest absolute Gasteiger partial charge is 0.387 e. The van der Waals surface area contributed by atoms with Crippen LogP contribution in [0.4, 0.5) is 5.82 Å². The molecule has 0 amide bonds. The van der Waals surface area contributed by atoms with Crippen molar-refractivity contribution in [3.63, 3.8) is 0 Å². The van der Waals surface area contributed by atoms with Gasteiger partial charge in [-0.05, 0) is 25.8 Å². The number of benzene rings is 1. The van der Waals surface area contributed by atoms with Gasteiger partial charge in [-0.25, -0.2) is 9.97 Å². The smallest absolute Gasteiger partial charge is 0.138 e. The van der Waals surface area contributed by atoms with Gasteiger partial charge in [0.05, 0.1) is 6.10 Å². The summed E-state index contributed by atoms with van der Waals surface area (Å²) in [5, 5.41) is 13.9. The Bertz CT molecular complexity index is 631. The second kappa shape index (κ2) is 6.87. The summed E-state index contributed by atoms with van der Waals surface area (Å²) >= 11 is 6.13. The molecule has 112 valence electrons. The molecule has 0 bridgehead atoms. The zero-order chi connectivity index (χ0) is 15.4. The molecule has 0 radical (unpaired) electrons. The van der Waals surface area contributed by atoms with Crippen LogP contribution in [0.3, 0.4) is 0 Å². The molecule has 4 nitrogen and oxygen atoms in total. The van der Waals surface area contributed by atoms with Crippen molar-refractivity contribution in [2.75, 3.05) is 11.9 Å². The van der Waals surface area contributed by atoms with Crippen LogP contribution in [-0.2, 0) is 6.42 Å². The minimum absolute atomic E-state index is 0.378. The minimum Gasteiger partial charge on any atom is -0.387 e. The van der Waals surface area contributed by atoms with E-state index in [2.05, 4.69) is 15.3 Å². The maximum atomic E-state index is 10.3. The molecule has 1 heterocycles. The number of aliphatic hydroxyl groups is 1. The van der Waals surface area contributed by atoms with E-state index in [4.69, 9.17) is 11.6 Å². The molecule has 0 spiro atoms. The summed E-state index contributed by atoms with van der Waals surface area (Å²) in [6.45, 7) is 6.19. The Morgan fingerprint density at radius 1 is 1.29 bits per heavy atom. The van der Waals surface area contributed by atoms with E-state index in [9.17, 15) is 5.11 Å². The lowest BCUT2D eigenvalue weighted by Gasteiger charge is -2.16. The Morgan fingerprint density at radius 2 is 2.05 bits per heavy atom. The van der Waals surface area contributed by atoms with Gasteiger partial charge in [-0.2, -0.15) is 0 Å². The van der Waals surface area contributed by atoms with Gasteiger partial charge in [0.1, 0.15) is 16.8 Å². The first-order valence-electron chi connectivity index (χ1n) is 7.02. The monoisotopic (exact) mass is 305 g/mol. The molecule has 0 aliphatic rings. The zero-order valence-electron chi connectivity index (χ0n) is 12.5. The van der Waals surface area contributed by atoms with Crippen LogP contribution in [0, 0.1) is 13.8 Å². The van der Waals surface area contributed by atoms with Gasteiger partial charge in [-0.3, -0.25) is 0 Å². The molecule has 1 aromatic heterocycles. The zero-order valence-corrected chi connectivity index (χ0v) is 13.3. The highest BCUT2D eigenvalue weighted by atomic mass is 35.5. The number of rotatable bonds is 5. The molecule has 0 fully saturated rings. The summed E-state index contributed by atoms with van der Waals surface area (Å²) in [6, 6.07) is 7.84. The number of aliphatic hydroxyl groups excluding tert-OH is 1. The van der Waals surface area contributed by atoms with Crippen molar-refractivity contribution in [3.05, 3.63) is 51.9 Å². The maximum Gasteiger partial charge on any atom is 0.138 e. The highest BCUT2D eigenvalue weighted by Gasteiger charge is 2.12. The van der Waals surface area contributed by atoms with Crippen LogP contribution in [-0.4, -0.2) is 21.6 Å². The van der Waals surface area contributed by atoms with E-state index >= 15 is 0 Å². The van der Waals surface area contributed by atoms with Crippen LogP contribution >= 0.6 is 11.6 Å². The molecule has 0 saturated carbocycles. The molecule has 21 heavy (non-hydrogen) atoms. The first-order chi connectivity index (χ1) is 10.0. The minimum atomic E-state index is -0.594. The Kier molecular flexibility index (Phi) is 5.15. The van der Waals surface area contributed by atoms with E-state index in [1.807, 2.05) is 38.1 Å². The van der Waals surface area contributed by atoms with Crippen LogP contribution < -0.4 is 5.32 Å². The second-order valence-electron chi connectivity index (χ2n) is 5.05. The summed E-state index contributed by atoms with van der Waals surface area (Å²) < 4.78 is 0. The number of hydrogen-bond donors (Lipinski definition) is 2. The van der Waals surface area contributed by atoms with Crippen LogP contribution in [0.15, 0.2) is 24.3 Å². The average Bonchev–Trinajstić information content (AvgIpc) is 2.44. The molecule has 0 saturated heterocycles. The van der Waals surface area contributed by atoms with Gasteiger partial charge in [0.2, 0.25) is 0 Å². The Morgan fingerprint density at radius 3 is 2.71 bits per heavy atom. The van der Waals surface area contributed by atoms with Crippen molar-refractivity contribution in [1.29, 1.82) is 0 Å². The van der Waals surface area contributed by atoms with E-state index in [0.717, 1.165) is 23.1 Å². The fourth-order valence-corrected chi connectivity index (χ4v) is 2.56. The molecule has 1 atom stereocenters. The van der Waals surface area contributed by atoms with Crippen molar-refractivity contribution < 1.29 is 5.11 Å². The maximum absolute atomic E-state index is 10.3. The van der Waals surface area contributed by atoms with Crippen molar-refractivity contribution in [1.82, 2.24) is 9.97 Å². The molecular formula is C16H20ClN3O. The number of hydrogen-bond acceptors (Lipinski definition) is 4. The standard InChI is InChI=1S/C16H20ClN3O/c1-4-13-15(17)19-11(3)20-16(13)18-9-14(21)12-7-5-6-10(2)8-12/h5-8,14,21H,4,9H2,1-3H3,(H,18,19,20). The van der Waals surface area contributed by atoms with E-state index in [-0.39, 0.29) is 0 Å². The predicted octanol–water partition coefficient (Wildman–Crippen LogP) is 3.45. The number of halogens is 1. The van der Waals surface area contributed by atoms with E-state index < -0.39 is 6.10 Å². The second-order valence-corrected chi connectivity index (χ2v) is 5.41. The van der Waals surface area contributed by atoms with Gasteiger partial charge in [-0.1, -0.05) is 48.4 Å². The molecule has 0 aliphatic heterocycles. The van der Waals surface area contributed by atoms with Crippen molar-refractivity contribution >= 4 is 17.4 Å². The van der Waals surface area contributed by atoms with E-state index in [1.165, 1.54) is 0 Å². The lowest BCUT2D eigenvalue weighted by atomic mass is 10.1. The first kappa shape index (κ1) is 15.7. The van der Waals surface area contributed by atoms with Crippen molar-refractivity contribution in [3.8, 4) is 0 Å². The normalized spacial score (nSPS) is 12.2. The van der Waals surface area contributed by atoms with Crippen LogP contribution in [0.2, 0.25) is 5.15 Å². The predicted molar refractivity (Wildman–Crippen MR) is 85.8 cm³/mol. The Balaban J connectivity index is 2.13. The number of nitrogens with one attached hydrogen (secondary N) is 1. The Labute approximate surface area is 130 Å².